The summed E-state index contributed by atoms with van der Waals surface area (Å²) in [5.41, 5.74) is 4.30. The second-order valence-electron chi connectivity index (χ2n) is 5.63. The highest BCUT2D eigenvalue weighted by Crippen LogP contribution is 2.16. The smallest absolute Gasteiger partial charge is 0.321 e. The van der Waals surface area contributed by atoms with Gasteiger partial charge in [-0.2, -0.15) is 0 Å². The standard InChI is InChI=1S/C19H24N2O2/c1-4-5-16-7-9-17(10-8-16)23-13-20-19(22)21-18-11-6-14(2)12-15(18)3/h6-12H,4-5,13H2,1-3H3,(H2,20,21,22). The third-order valence-electron chi connectivity index (χ3n) is 3.56. The molecule has 0 aromatic heterocycles. The number of benzene rings is 2. The Morgan fingerprint density at radius 2 is 1.83 bits per heavy atom. The quantitative estimate of drug-likeness (QED) is 0.776. The highest BCUT2D eigenvalue weighted by molar-refractivity contribution is 5.90. The lowest BCUT2D eigenvalue weighted by atomic mass is 10.1. The van der Waals surface area contributed by atoms with E-state index in [1.54, 1.807) is 0 Å². The van der Waals surface area contributed by atoms with Crippen molar-refractivity contribution < 1.29 is 9.53 Å². The first-order valence-corrected chi connectivity index (χ1v) is 7.92. The molecule has 0 saturated heterocycles. The Morgan fingerprint density at radius 3 is 2.48 bits per heavy atom. The van der Waals surface area contributed by atoms with Crippen LogP contribution in [0.5, 0.6) is 5.75 Å². The van der Waals surface area contributed by atoms with Crippen molar-refractivity contribution >= 4 is 11.7 Å². The van der Waals surface area contributed by atoms with Crippen LogP contribution in [0.4, 0.5) is 10.5 Å². The van der Waals surface area contributed by atoms with Gasteiger partial charge in [0, 0.05) is 5.69 Å². The molecule has 4 heteroatoms. The number of ether oxygens (including phenoxy) is 1. The second-order valence-corrected chi connectivity index (χ2v) is 5.63. The summed E-state index contributed by atoms with van der Waals surface area (Å²) in [7, 11) is 0. The van der Waals surface area contributed by atoms with E-state index in [-0.39, 0.29) is 12.8 Å². The SMILES string of the molecule is CCCc1ccc(OCNC(=O)Nc2ccc(C)cc2C)cc1. The van der Waals surface area contributed by atoms with Crippen LogP contribution in [0.1, 0.15) is 30.0 Å². The third kappa shape index (κ3) is 5.33. The molecule has 2 aromatic carbocycles. The van der Waals surface area contributed by atoms with Crippen LogP contribution in [0.15, 0.2) is 42.5 Å². The third-order valence-corrected chi connectivity index (χ3v) is 3.56. The van der Waals surface area contributed by atoms with E-state index < -0.39 is 0 Å². The normalized spacial score (nSPS) is 10.2. The van der Waals surface area contributed by atoms with Crippen LogP contribution in [0.2, 0.25) is 0 Å². The van der Waals surface area contributed by atoms with E-state index in [1.165, 1.54) is 11.1 Å². The van der Waals surface area contributed by atoms with E-state index in [2.05, 4.69) is 29.7 Å². The fraction of sp³-hybridized carbons (Fsp3) is 0.316. The van der Waals surface area contributed by atoms with Gasteiger partial charge in [-0.25, -0.2) is 4.79 Å². The van der Waals surface area contributed by atoms with Crippen LogP contribution >= 0.6 is 0 Å². The van der Waals surface area contributed by atoms with Crippen LogP contribution < -0.4 is 15.4 Å². The molecule has 0 fully saturated rings. The van der Waals surface area contributed by atoms with Crippen LogP contribution in [-0.2, 0) is 6.42 Å². The van der Waals surface area contributed by atoms with E-state index in [1.807, 2.05) is 44.2 Å². The first-order valence-electron chi connectivity index (χ1n) is 7.92. The summed E-state index contributed by atoms with van der Waals surface area (Å²) >= 11 is 0. The van der Waals surface area contributed by atoms with Gasteiger partial charge < -0.3 is 15.4 Å². The predicted molar refractivity (Wildman–Crippen MR) is 94.0 cm³/mol. The van der Waals surface area contributed by atoms with E-state index in [9.17, 15) is 4.79 Å². The molecule has 4 nitrogen and oxygen atoms in total. The number of aryl methyl sites for hydroxylation is 3. The van der Waals surface area contributed by atoms with Crippen molar-refractivity contribution in [3.05, 3.63) is 59.2 Å². The number of nitrogens with one attached hydrogen (secondary N) is 2. The highest BCUT2D eigenvalue weighted by Gasteiger charge is 2.04. The van der Waals surface area contributed by atoms with Gasteiger partial charge in [-0.1, -0.05) is 43.2 Å². The van der Waals surface area contributed by atoms with Crippen molar-refractivity contribution in [1.29, 1.82) is 0 Å². The van der Waals surface area contributed by atoms with Gasteiger partial charge in [0.15, 0.2) is 6.73 Å². The number of anilines is 1. The molecular weight excluding hydrogens is 288 g/mol. The van der Waals surface area contributed by atoms with Gasteiger partial charge in [-0.3, -0.25) is 0 Å². The Kier molecular flexibility index (Phi) is 6.03. The molecule has 2 amide bonds. The largest absolute Gasteiger partial charge is 0.473 e. The average molecular weight is 312 g/mol. The molecule has 0 bridgehead atoms. The minimum atomic E-state index is -0.278. The lowest BCUT2D eigenvalue weighted by Crippen LogP contribution is -2.32. The summed E-state index contributed by atoms with van der Waals surface area (Å²) in [5.74, 6) is 0.747. The fourth-order valence-corrected chi connectivity index (χ4v) is 2.35. The van der Waals surface area contributed by atoms with Crippen LogP contribution in [-0.4, -0.2) is 12.8 Å². The molecule has 0 aliphatic heterocycles. The molecular formula is C19H24N2O2. The maximum Gasteiger partial charge on any atom is 0.321 e. The molecule has 0 saturated carbocycles. The van der Waals surface area contributed by atoms with E-state index in [0.717, 1.165) is 29.8 Å². The zero-order chi connectivity index (χ0) is 16.7. The van der Waals surface area contributed by atoms with Crippen molar-refractivity contribution in [1.82, 2.24) is 5.32 Å². The summed E-state index contributed by atoms with van der Waals surface area (Å²) in [5, 5.41) is 5.51. The monoisotopic (exact) mass is 312 g/mol. The first-order chi connectivity index (χ1) is 11.1. The Morgan fingerprint density at radius 1 is 1.09 bits per heavy atom. The Labute approximate surface area is 137 Å². The lowest BCUT2D eigenvalue weighted by Gasteiger charge is -2.11. The summed E-state index contributed by atoms with van der Waals surface area (Å²) in [6.07, 6.45) is 2.19. The number of rotatable bonds is 6. The molecule has 122 valence electrons. The van der Waals surface area contributed by atoms with Crippen LogP contribution in [0, 0.1) is 13.8 Å². The lowest BCUT2D eigenvalue weighted by molar-refractivity contribution is 0.234. The molecule has 0 spiro atoms. The number of carbonyl (C=O) groups excluding carboxylic acids is 1. The molecule has 23 heavy (non-hydrogen) atoms. The maximum atomic E-state index is 11.9. The van der Waals surface area contributed by atoms with Gasteiger partial charge in [0.25, 0.3) is 0 Å². The van der Waals surface area contributed by atoms with Gasteiger partial charge in [0.1, 0.15) is 5.75 Å². The molecule has 0 unspecified atom stereocenters. The maximum absolute atomic E-state index is 11.9. The van der Waals surface area contributed by atoms with Crippen molar-refractivity contribution in [3.63, 3.8) is 0 Å². The summed E-state index contributed by atoms with van der Waals surface area (Å²) in [6.45, 7) is 6.28. The number of hydrogen-bond donors (Lipinski definition) is 2. The number of urea groups is 1. The van der Waals surface area contributed by atoms with Gasteiger partial charge >= 0.3 is 6.03 Å². The Hall–Kier alpha value is -2.49. The zero-order valence-electron chi connectivity index (χ0n) is 14.0. The molecule has 2 rings (SSSR count). The second kappa shape index (κ2) is 8.22. The van der Waals surface area contributed by atoms with Crippen molar-refractivity contribution in [2.75, 3.05) is 12.0 Å². The number of carbonyl (C=O) groups is 1. The van der Waals surface area contributed by atoms with Crippen LogP contribution in [0.25, 0.3) is 0 Å². The van der Waals surface area contributed by atoms with Crippen molar-refractivity contribution in [2.45, 2.75) is 33.6 Å². The van der Waals surface area contributed by atoms with E-state index in [0.29, 0.717) is 0 Å². The molecule has 0 aliphatic rings. The van der Waals surface area contributed by atoms with Crippen molar-refractivity contribution in [3.8, 4) is 5.75 Å². The minimum absolute atomic E-state index is 0.129. The van der Waals surface area contributed by atoms with Gasteiger partial charge in [-0.05, 0) is 49.6 Å². The van der Waals surface area contributed by atoms with Crippen molar-refractivity contribution in [2.24, 2.45) is 0 Å². The predicted octanol–water partition coefficient (Wildman–Crippen LogP) is 4.41. The van der Waals surface area contributed by atoms with Gasteiger partial charge in [0.2, 0.25) is 0 Å². The molecule has 2 N–H and O–H groups in total. The molecule has 0 heterocycles. The molecule has 2 aromatic rings. The Bertz CT molecular complexity index is 651. The van der Waals surface area contributed by atoms with Crippen LogP contribution in [0.3, 0.4) is 0 Å². The van der Waals surface area contributed by atoms with E-state index in [4.69, 9.17) is 4.74 Å². The van der Waals surface area contributed by atoms with Gasteiger partial charge in [-0.15, -0.1) is 0 Å². The number of amides is 2. The fourth-order valence-electron chi connectivity index (χ4n) is 2.35. The zero-order valence-corrected chi connectivity index (χ0v) is 14.0. The summed E-state index contributed by atoms with van der Waals surface area (Å²) < 4.78 is 5.52. The number of hydrogen-bond acceptors (Lipinski definition) is 2. The average Bonchev–Trinajstić information content (AvgIpc) is 2.52. The molecule has 0 atom stereocenters. The first kappa shape index (κ1) is 16.9. The minimum Gasteiger partial charge on any atom is -0.473 e. The highest BCUT2D eigenvalue weighted by atomic mass is 16.5. The molecule has 0 aliphatic carbocycles. The van der Waals surface area contributed by atoms with E-state index >= 15 is 0 Å². The summed E-state index contributed by atoms with van der Waals surface area (Å²) in [6, 6.07) is 13.6. The molecule has 0 radical (unpaired) electrons. The summed E-state index contributed by atoms with van der Waals surface area (Å²) in [4.78, 5) is 11.9. The topological polar surface area (TPSA) is 50.4 Å². The van der Waals surface area contributed by atoms with Gasteiger partial charge in [0.05, 0.1) is 0 Å². The Balaban J connectivity index is 1.78.